The maximum absolute atomic E-state index is 6.28. The topological polar surface area (TPSA) is 56.7 Å². The predicted octanol–water partition coefficient (Wildman–Crippen LogP) is 11.7. The number of thiophene rings is 1. The van der Waals surface area contributed by atoms with Gasteiger partial charge in [0.25, 0.3) is 0 Å². The van der Waals surface area contributed by atoms with Gasteiger partial charge in [-0.15, -0.1) is 11.3 Å². The minimum atomic E-state index is 0.571. The summed E-state index contributed by atoms with van der Waals surface area (Å²) in [5, 5.41) is 9.45. The lowest BCUT2D eigenvalue weighted by atomic mass is 10.0. The van der Waals surface area contributed by atoms with Gasteiger partial charge in [0.05, 0.1) is 11.0 Å². The molecule has 6 heteroatoms. The van der Waals surface area contributed by atoms with Crippen molar-refractivity contribution in [3.8, 4) is 28.7 Å². The zero-order valence-corrected chi connectivity index (χ0v) is 26.8. The summed E-state index contributed by atoms with van der Waals surface area (Å²) < 4.78 is 11.0. The predicted molar refractivity (Wildman–Crippen MR) is 203 cm³/mol. The standard InChI is InChI=1S/C43H24N4OS/c1-5-13-35-29(9-1)30-10-2-6-14-36(30)47(35)43-45-41(44-42(46-43)27-19-21-32-31-11-3-7-15-37(31)48-38(32)24-27)26-18-20-28-25(23-26)17-22-34-33-12-4-8-16-39(33)49-40(28)34/h1-24H. The molecule has 0 radical (unpaired) electrons. The number of hydrogen-bond donors (Lipinski definition) is 0. The van der Waals surface area contributed by atoms with Crippen molar-refractivity contribution in [2.45, 2.75) is 0 Å². The van der Waals surface area contributed by atoms with Gasteiger partial charge in [-0.2, -0.15) is 9.97 Å². The van der Waals surface area contributed by atoms with E-state index in [1.165, 1.54) is 25.6 Å². The van der Waals surface area contributed by atoms with E-state index in [0.717, 1.165) is 60.3 Å². The molecule has 0 bridgehead atoms. The van der Waals surface area contributed by atoms with E-state index < -0.39 is 0 Å². The molecule has 5 nitrogen and oxygen atoms in total. The lowest BCUT2D eigenvalue weighted by Crippen LogP contribution is -2.06. The van der Waals surface area contributed by atoms with Gasteiger partial charge in [-0.05, 0) is 53.2 Å². The molecule has 0 unspecified atom stereocenters. The van der Waals surface area contributed by atoms with Crippen molar-refractivity contribution in [2.24, 2.45) is 0 Å². The van der Waals surface area contributed by atoms with Crippen molar-refractivity contribution in [3.63, 3.8) is 0 Å². The van der Waals surface area contributed by atoms with Crippen LogP contribution in [-0.4, -0.2) is 19.5 Å². The van der Waals surface area contributed by atoms with Crippen molar-refractivity contribution < 1.29 is 4.42 Å². The van der Waals surface area contributed by atoms with Crippen molar-refractivity contribution in [3.05, 3.63) is 146 Å². The summed E-state index contributed by atoms with van der Waals surface area (Å²) in [6, 6.07) is 50.9. The highest BCUT2D eigenvalue weighted by atomic mass is 32.1. The maximum Gasteiger partial charge on any atom is 0.238 e. The van der Waals surface area contributed by atoms with Crippen LogP contribution in [0.2, 0.25) is 0 Å². The fourth-order valence-electron chi connectivity index (χ4n) is 7.38. The van der Waals surface area contributed by atoms with E-state index in [1.807, 2.05) is 35.6 Å². The number of para-hydroxylation sites is 3. The second-order valence-electron chi connectivity index (χ2n) is 12.4. The van der Waals surface area contributed by atoms with Crippen molar-refractivity contribution in [1.29, 1.82) is 0 Å². The smallest absolute Gasteiger partial charge is 0.238 e. The Balaban J connectivity index is 1.16. The number of benzene rings is 7. The molecule has 0 saturated heterocycles. The summed E-state index contributed by atoms with van der Waals surface area (Å²) in [6.07, 6.45) is 0. The minimum Gasteiger partial charge on any atom is -0.456 e. The molecule has 0 aliphatic carbocycles. The van der Waals surface area contributed by atoms with E-state index in [1.54, 1.807) is 0 Å². The van der Waals surface area contributed by atoms with Gasteiger partial charge in [0, 0.05) is 52.8 Å². The van der Waals surface area contributed by atoms with Gasteiger partial charge < -0.3 is 4.42 Å². The molecule has 4 heterocycles. The minimum absolute atomic E-state index is 0.571. The van der Waals surface area contributed by atoms with Gasteiger partial charge in [-0.25, -0.2) is 4.98 Å². The van der Waals surface area contributed by atoms with Crippen LogP contribution in [0.4, 0.5) is 0 Å². The summed E-state index contributed by atoms with van der Waals surface area (Å²) >= 11 is 1.84. The van der Waals surface area contributed by atoms with Gasteiger partial charge in [0.1, 0.15) is 11.2 Å². The normalized spacial score (nSPS) is 12.1. The van der Waals surface area contributed by atoms with Crippen LogP contribution in [0, 0.1) is 0 Å². The molecule has 0 N–H and O–H groups in total. The summed E-state index contributed by atoms with van der Waals surface area (Å²) in [7, 11) is 0. The maximum atomic E-state index is 6.28. The average Bonchev–Trinajstić information content (AvgIpc) is 3.84. The Morgan fingerprint density at radius 2 is 1.04 bits per heavy atom. The van der Waals surface area contributed by atoms with E-state index in [9.17, 15) is 0 Å². The highest BCUT2D eigenvalue weighted by Crippen LogP contribution is 2.40. The highest BCUT2D eigenvalue weighted by Gasteiger charge is 2.19. The molecule has 228 valence electrons. The molecule has 0 spiro atoms. The number of furan rings is 1. The fraction of sp³-hybridized carbons (Fsp3) is 0. The van der Waals surface area contributed by atoms with Crippen LogP contribution in [0.15, 0.2) is 150 Å². The Morgan fingerprint density at radius 1 is 0.449 bits per heavy atom. The van der Waals surface area contributed by atoms with Gasteiger partial charge in [-0.3, -0.25) is 4.57 Å². The zero-order valence-electron chi connectivity index (χ0n) is 26.0. The van der Waals surface area contributed by atoms with E-state index >= 15 is 0 Å². The first kappa shape index (κ1) is 26.7. The zero-order chi connectivity index (χ0) is 32.1. The van der Waals surface area contributed by atoms with Crippen LogP contribution < -0.4 is 0 Å². The lowest BCUT2D eigenvalue weighted by Gasteiger charge is -2.11. The molecule has 7 aromatic carbocycles. The van der Waals surface area contributed by atoms with Crippen LogP contribution in [0.1, 0.15) is 0 Å². The lowest BCUT2D eigenvalue weighted by molar-refractivity contribution is 0.669. The average molecular weight is 645 g/mol. The van der Waals surface area contributed by atoms with Crippen molar-refractivity contribution >= 4 is 86.0 Å². The highest BCUT2D eigenvalue weighted by molar-refractivity contribution is 7.26. The Bertz CT molecular complexity index is 3080. The number of hydrogen-bond acceptors (Lipinski definition) is 5. The summed E-state index contributed by atoms with van der Waals surface area (Å²) in [4.78, 5) is 15.5. The molecule has 0 amide bonds. The van der Waals surface area contributed by atoms with Gasteiger partial charge >= 0.3 is 0 Å². The largest absolute Gasteiger partial charge is 0.456 e. The second-order valence-corrected chi connectivity index (χ2v) is 13.5. The Morgan fingerprint density at radius 3 is 1.82 bits per heavy atom. The van der Waals surface area contributed by atoms with E-state index in [-0.39, 0.29) is 0 Å². The molecule has 0 saturated carbocycles. The third-order valence-corrected chi connectivity index (χ3v) is 10.9. The van der Waals surface area contributed by atoms with E-state index in [0.29, 0.717) is 17.6 Å². The molecule has 4 aromatic heterocycles. The molecule has 0 fully saturated rings. The van der Waals surface area contributed by atoms with E-state index in [2.05, 4.69) is 126 Å². The number of rotatable bonds is 3. The van der Waals surface area contributed by atoms with Crippen molar-refractivity contribution in [1.82, 2.24) is 19.5 Å². The van der Waals surface area contributed by atoms with Crippen LogP contribution >= 0.6 is 11.3 Å². The Hall–Kier alpha value is -6.37. The molecule has 0 aliphatic heterocycles. The third kappa shape index (κ3) is 3.95. The first-order valence-corrected chi connectivity index (χ1v) is 17.1. The van der Waals surface area contributed by atoms with Crippen LogP contribution in [0.5, 0.6) is 0 Å². The molecular formula is C43H24N4OS. The third-order valence-electron chi connectivity index (χ3n) is 9.66. The molecule has 0 aliphatic rings. The number of aromatic nitrogens is 4. The second kappa shape index (κ2) is 10.1. The van der Waals surface area contributed by atoms with Gasteiger partial charge in [0.2, 0.25) is 5.95 Å². The molecule has 11 aromatic rings. The summed E-state index contributed by atoms with van der Waals surface area (Å²) in [5.41, 5.74) is 5.56. The summed E-state index contributed by atoms with van der Waals surface area (Å²) in [5.74, 6) is 1.77. The number of nitrogens with zero attached hydrogens (tertiary/aromatic N) is 4. The summed E-state index contributed by atoms with van der Waals surface area (Å²) in [6.45, 7) is 0. The van der Waals surface area contributed by atoms with Crippen LogP contribution in [0.3, 0.4) is 0 Å². The van der Waals surface area contributed by atoms with Crippen LogP contribution in [-0.2, 0) is 0 Å². The van der Waals surface area contributed by atoms with Crippen molar-refractivity contribution in [2.75, 3.05) is 0 Å². The Kier molecular flexibility index (Phi) is 5.48. The number of fused-ring (bicyclic) bond motifs is 11. The van der Waals surface area contributed by atoms with Gasteiger partial charge in [0.15, 0.2) is 11.6 Å². The first-order valence-electron chi connectivity index (χ1n) is 16.3. The van der Waals surface area contributed by atoms with Crippen LogP contribution in [0.25, 0.3) is 103 Å². The fourth-order valence-corrected chi connectivity index (χ4v) is 8.61. The molecule has 49 heavy (non-hydrogen) atoms. The molecular weight excluding hydrogens is 621 g/mol. The molecule has 11 rings (SSSR count). The quantitative estimate of drug-likeness (QED) is 0.192. The SMILES string of the molecule is c1ccc2c(c1)oc1cc(-c3nc(-c4ccc5c(ccc6c7ccccc7sc56)c4)nc(-n4c5ccccc5c5ccccc54)n3)ccc12. The van der Waals surface area contributed by atoms with Gasteiger partial charge in [-0.1, -0.05) is 103 Å². The monoisotopic (exact) mass is 644 g/mol. The van der Waals surface area contributed by atoms with E-state index in [4.69, 9.17) is 19.4 Å². The first-order chi connectivity index (χ1) is 24.3. The molecule has 0 atom stereocenters. The Labute approximate surface area is 283 Å².